The first-order chi connectivity index (χ1) is 7.84. The lowest BCUT2D eigenvalue weighted by Gasteiger charge is -2.01. The molecule has 3 heteroatoms. The topological polar surface area (TPSA) is 30.7 Å². The quantitative estimate of drug-likeness (QED) is 0.616. The molecule has 1 aromatic carbocycles. The standard InChI is InChI=1S/C13H11N3/c1-16-8-7-11-13(16)15-12(9-14-11)10-5-3-2-4-6-10/h2-9H,1H3. The van der Waals surface area contributed by atoms with Crippen LogP contribution in [0.25, 0.3) is 22.4 Å². The van der Waals surface area contributed by atoms with Crippen LogP contribution in [-0.4, -0.2) is 14.5 Å². The largest absolute Gasteiger partial charge is 0.334 e. The Morgan fingerprint density at radius 2 is 1.88 bits per heavy atom. The Balaban J connectivity index is 2.22. The highest BCUT2D eigenvalue weighted by atomic mass is 15.0. The van der Waals surface area contributed by atoms with Crippen LogP contribution in [0.15, 0.2) is 48.8 Å². The third kappa shape index (κ3) is 1.37. The van der Waals surface area contributed by atoms with Gasteiger partial charge in [-0.1, -0.05) is 30.3 Å². The number of nitrogens with zero attached hydrogens (tertiary/aromatic N) is 3. The van der Waals surface area contributed by atoms with Crippen LogP contribution in [0.1, 0.15) is 0 Å². The van der Waals surface area contributed by atoms with Crippen molar-refractivity contribution in [3.63, 3.8) is 0 Å². The minimum atomic E-state index is 0.912. The van der Waals surface area contributed by atoms with Crippen LogP contribution >= 0.6 is 0 Å². The molecule has 0 aliphatic heterocycles. The first-order valence-corrected chi connectivity index (χ1v) is 5.18. The Morgan fingerprint density at radius 1 is 1.06 bits per heavy atom. The highest BCUT2D eigenvalue weighted by Crippen LogP contribution is 2.18. The van der Waals surface area contributed by atoms with Gasteiger partial charge in [-0.3, -0.25) is 4.98 Å². The minimum absolute atomic E-state index is 0.912. The van der Waals surface area contributed by atoms with Gasteiger partial charge in [-0.05, 0) is 6.07 Å². The molecule has 3 rings (SSSR count). The van der Waals surface area contributed by atoms with Crippen LogP contribution in [0.3, 0.4) is 0 Å². The second kappa shape index (κ2) is 3.45. The predicted molar refractivity (Wildman–Crippen MR) is 63.9 cm³/mol. The molecular weight excluding hydrogens is 198 g/mol. The van der Waals surface area contributed by atoms with E-state index in [1.54, 1.807) is 0 Å². The van der Waals surface area contributed by atoms with Crippen LogP contribution < -0.4 is 0 Å². The zero-order valence-electron chi connectivity index (χ0n) is 8.96. The van der Waals surface area contributed by atoms with E-state index < -0.39 is 0 Å². The van der Waals surface area contributed by atoms with E-state index in [1.807, 2.05) is 60.4 Å². The lowest BCUT2D eigenvalue weighted by molar-refractivity contribution is 0.947. The fourth-order valence-corrected chi connectivity index (χ4v) is 1.77. The molecular formula is C13H11N3. The second-order valence-electron chi connectivity index (χ2n) is 3.76. The van der Waals surface area contributed by atoms with Crippen molar-refractivity contribution in [2.24, 2.45) is 7.05 Å². The van der Waals surface area contributed by atoms with Gasteiger partial charge < -0.3 is 4.57 Å². The van der Waals surface area contributed by atoms with Gasteiger partial charge in [-0.25, -0.2) is 4.98 Å². The highest BCUT2D eigenvalue weighted by Gasteiger charge is 2.04. The van der Waals surface area contributed by atoms with Gasteiger partial charge >= 0.3 is 0 Å². The maximum absolute atomic E-state index is 4.61. The van der Waals surface area contributed by atoms with Gasteiger partial charge in [0.25, 0.3) is 0 Å². The van der Waals surface area contributed by atoms with Crippen molar-refractivity contribution in [1.82, 2.24) is 14.5 Å². The fraction of sp³-hybridized carbons (Fsp3) is 0.0769. The van der Waals surface area contributed by atoms with Crippen molar-refractivity contribution in [3.8, 4) is 11.3 Å². The summed E-state index contributed by atoms with van der Waals surface area (Å²) in [6.45, 7) is 0. The summed E-state index contributed by atoms with van der Waals surface area (Å²) in [5.74, 6) is 0. The Labute approximate surface area is 93.4 Å². The van der Waals surface area contributed by atoms with Gasteiger partial charge in [-0.2, -0.15) is 0 Å². The third-order valence-electron chi connectivity index (χ3n) is 2.64. The van der Waals surface area contributed by atoms with Crippen molar-refractivity contribution in [2.75, 3.05) is 0 Å². The summed E-state index contributed by atoms with van der Waals surface area (Å²) in [5, 5.41) is 0. The smallest absolute Gasteiger partial charge is 0.159 e. The lowest BCUT2D eigenvalue weighted by Crippen LogP contribution is -1.92. The van der Waals surface area contributed by atoms with Crippen LogP contribution in [0.4, 0.5) is 0 Å². The number of rotatable bonds is 1. The summed E-state index contributed by atoms with van der Waals surface area (Å²) < 4.78 is 1.98. The predicted octanol–water partition coefficient (Wildman–Crippen LogP) is 2.64. The van der Waals surface area contributed by atoms with E-state index in [0.29, 0.717) is 0 Å². The molecule has 0 aliphatic rings. The highest BCUT2D eigenvalue weighted by molar-refractivity contribution is 5.74. The van der Waals surface area contributed by atoms with Crippen molar-refractivity contribution in [1.29, 1.82) is 0 Å². The lowest BCUT2D eigenvalue weighted by atomic mass is 10.2. The van der Waals surface area contributed by atoms with Gasteiger partial charge in [0.2, 0.25) is 0 Å². The van der Waals surface area contributed by atoms with Crippen LogP contribution in [-0.2, 0) is 7.05 Å². The monoisotopic (exact) mass is 209 g/mol. The van der Waals surface area contributed by atoms with Crippen molar-refractivity contribution in [3.05, 3.63) is 48.8 Å². The van der Waals surface area contributed by atoms with E-state index in [1.165, 1.54) is 0 Å². The molecule has 2 aromatic heterocycles. The molecule has 78 valence electrons. The molecule has 16 heavy (non-hydrogen) atoms. The van der Waals surface area contributed by atoms with E-state index >= 15 is 0 Å². The van der Waals surface area contributed by atoms with Crippen LogP contribution in [0.2, 0.25) is 0 Å². The van der Waals surface area contributed by atoms with E-state index in [4.69, 9.17) is 0 Å². The second-order valence-corrected chi connectivity index (χ2v) is 3.76. The fourth-order valence-electron chi connectivity index (χ4n) is 1.77. The third-order valence-corrected chi connectivity index (χ3v) is 2.64. The molecule has 0 amide bonds. The van der Waals surface area contributed by atoms with E-state index in [2.05, 4.69) is 9.97 Å². The number of benzene rings is 1. The Morgan fingerprint density at radius 3 is 2.69 bits per heavy atom. The van der Waals surface area contributed by atoms with Crippen molar-refractivity contribution in [2.45, 2.75) is 0 Å². The zero-order chi connectivity index (χ0) is 11.0. The number of hydrogen-bond donors (Lipinski definition) is 0. The molecule has 0 atom stereocenters. The molecule has 3 nitrogen and oxygen atoms in total. The van der Waals surface area contributed by atoms with Crippen molar-refractivity contribution >= 4 is 11.2 Å². The normalized spacial score (nSPS) is 10.8. The van der Waals surface area contributed by atoms with Gasteiger partial charge in [0.1, 0.15) is 5.52 Å². The SMILES string of the molecule is Cn1ccc2ncc(-c3ccccc3)nc21. The number of hydrogen-bond acceptors (Lipinski definition) is 2. The molecule has 0 bridgehead atoms. The summed E-state index contributed by atoms with van der Waals surface area (Å²) in [5.41, 5.74) is 3.86. The number of aromatic nitrogens is 3. The van der Waals surface area contributed by atoms with Gasteiger partial charge in [-0.15, -0.1) is 0 Å². The minimum Gasteiger partial charge on any atom is -0.334 e. The van der Waals surface area contributed by atoms with Gasteiger partial charge in [0, 0.05) is 18.8 Å². The average molecular weight is 209 g/mol. The Hall–Kier alpha value is -2.16. The summed E-state index contributed by atoms with van der Waals surface area (Å²) in [7, 11) is 1.98. The number of fused-ring (bicyclic) bond motifs is 1. The zero-order valence-corrected chi connectivity index (χ0v) is 8.96. The molecule has 3 aromatic rings. The summed E-state index contributed by atoms with van der Waals surface area (Å²) in [4.78, 5) is 9.00. The van der Waals surface area contributed by atoms with Gasteiger partial charge in [0.15, 0.2) is 5.65 Å². The maximum atomic E-state index is 4.61. The molecule has 0 radical (unpaired) electrons. The molecule has 0 fully saturated rings. The molecule has 0 aliphatic carbocycles. The van der Waals surface area contributed by atoms with E-state index in [0.717, 1.165) is 22.4 Å². The molecule has 0 saturated heterocycles. The molecule has 0 spiro atoms. The van der Waals surface area contributed by atoms with Gasteiger partial charge in [0.05, 0.1) is 11.9 Å². The van der Waals surface area contributed by atoms with E-state index in [9.17, 15) is 0 Å². The molecule has 0 saturated carbocycles. The Kier molecular flexibility index (Phi) is 1.96. The summed E-state index contributed by atoms with van der Waals surface area (Å²) in [6.07, 6.45) is 3.79. The Bertz CT molecular complexity index is 626. The molecule has 0 unspecified atom stereocenters. The average Bonchev–Trinajstić information content (AvgIpc) is 2.72. The summed E-state index contributed by atoms with van der Waals surface area (Å²) >= 11 is 0. The molecule has 0 N–H and O–H groups in total. The first kappa shape index (κ1) is 9.09. The van der Waals surface area contributed by atoms with Crippen molar-refractivity contribution < 1.29 is 0 Å². The van der Waals surface area contributed by atoms with Crippen LogP contribution in [0.5, 0.6) is 0 Å². The maximum Gasteiger partial charge on any atom is 0.159 e. The molecule has 2 heterocycles. The number of aryl methyl sites for hydroxylation is 1. The summed E-state index contributed by atoms with van der Waals surface area (Å²) in [6, 6.07) is 12.1. The van der Waals surface area contributed by atoms with E-state index in [-0.39, 0.29) is 0 Å². The van der Waals surface area contributed by atoms with Crippen LogP contribution in [0, 0.1) is 0 Å². The first-order valence-electron chi connectivity index (χ1n) is 5.18.